The number of carbonyl (C=O) groups is 5. The highest BCUT2D eigenvalue weighted by Crippen LogP contribution is 2.40. The topological polar surface area (TPSA) is 171 Å². The molecule has 16 heteroatoms. The van der Waals surface area contributed by atoms with Crippen LogP contribution in [0.3, 0.4) is 0 Å². The summed E-state index contributed by atoms with van der Waals surface area (Å²) >= 11 is 0. The van der Waals surface area contributed by atoms with Crippen LogP contribution in [-0.4, -0.2) is 156 Å². The van der Waals surface area contributed by atoms with Crippen LogP contribution >= 0.6 is 0 Å². The molecule has 1 spiro atoms. The van der Waals surface area contributed by atoms with E-state index in [4.69, 9.17) is 6.11 Å². The molecule has 5 saturated heterocycles. The Kier molecular flexibility index (Phi) is 14.3. The number of benzene rings is 3. The number of anilines is 2. The zero-order valence-electron chi connectivity index (χ0n) is 43.9. The van der Waals surface area contributed by atoms with Crippen molar-refractivity contribution in [3.05, 3.63) is 116 Å². The number of rotatable bonds is 17. The van der Waals surface area contributed by atoms with Gasteiger partial charge < -0.3 is 29.7 Å². The van der Waals surface area contributed by atoms with E-state index in [-0.39, 0.29) is 53.0 Å². The van der Waals surface area contributed by atoms with Crippen LogP contribution in [0.2, 0.25) is 0 Å². The second-order valence-electron chi connectivity index (χ2n) is 21.6. The van der Waals surface area contributed by atoms with E-state index < -0.39 is 29.7 Å². The largest absolute Gasteiger partial charge is 0.384 e. The quantitative estimate of drug-likeness (QED) is 0.0901. The molecule has 0 saturated carbocycles. The fourth-order valence-electron chi connectivity index (χ4n) is 12.1. The SMILES string of the molecule is [2H]c1cc(-c2ccc(CN3CCN(CC(=O)N4CC5(CN(CCCCNc6cccc7c6C(=O)N(C6CCC(=O)NC6=O)C7=O)C5)C4)CC3)cc2)cc(N(Cc2c(C)cc(C)[nH]c2=O)C2CCOC(CC)C2)c1C. The van der Waals surface area contributed by atoms with Gasteiger partial charge in [0, 0.05) is 119 Å². The van der Waals surface area contributed by atoms with E-state index in [1.165, 1.54) is 5.56 Å². The Hall–Kier alpha value is -6.20. The maximum absolute atomic E-state index is 13.4. The van der Waals surface area contributed by atoms with Crippen molar-refractivity contribution in [3.8, 4) is 11.1 Å². The minimum absolute atomic E-state index is 0.0575. The fourth-order valence-corrected chi connectivity index (χ4v) is 12.1. The monoisotopic (exact) mass is 995 g/mol. The third-order valence-corrected chi connectivity index (χ3v) is 16.2. The van der Waals surface area contributed by atoms with Gasteiger partial charge in [-0.1, -0.05) is 49.4 Å². The lowest BCUT2D eigenvalue weighted by atomic mass is 9.72. The lowest BCUT2D eigenvalue weighted by molar-refractivity contribution is -0.160. The third-order valence-electron chi connectivity index (χ3n) is 16.2. The summed E-state index contributed by atoms with van der Waals surface area (Å²) in [7, 11) is 0. The number of aryl methyl sites for hydroxylation is 2. The molecular formula is C57H71N9O7. The molecule has 6 aliphatic rings. The maximum atomic E-state index is 13.4. The number of H-pyrrole nitrogens is 1. The predicted octanol–water partition coefficient (Wildman–Crippen LogP) is 5.49. The molecule has 16 nitrogen and oxygen atoms in total. The number of amides is 5. The molecule has 0 bridgehead atoms. The van der Waals surface area contributed by atoms with Crippen molar-refractivity contribution >= 4 is 40.9 Å². The number of aromatic amines is 1. The summed E-state index contributed by atoms with van der Waals surface area (Å²) in [6.07, 6.45) is 4.86. The normalized spacial score (nSPS) is 22.5. The number of ether oxygens (including phenoxy) is 1. The molecule has 0 aliphatic carbocycles. The van der Waals surface area contributed by atoms with Crippen LogP contribution in [0.1, 0.15) is 102 Å². The fraction of sp³-hybridized carbons (Fsp3) is 0.509. The van der Waals surface area contributed by atoms with Gasteiger partial charge in [0.15, 0.2) is 0 Å². The van der Waals surface area contributed by atoms with Gasteiger partial charge in [0.2, 0.25) is 17.7 Å². The summed E-state index contributed by atoms with van der Waals surface area (Å²) in [6.45, 7) is 19.2. The number of pyridine rings is 1. The summed E-state index contributed by atoms with van der Waals surface area (Å²) in [5.41, 5.74) is 9.01. The van der Waals surface area contributed by atoms with Crippen molar-refractivity contribution < 1.29 is 30.1 Å². The number of aromatic nitrogens is 1. The van der Waals surface area contributed by atoms with E-state index in [1.807, 2.05) is 37.8 Å². The molecule has 3 N–H and O–H groups in total. The molecule has 4 aromatic rings. The van der Waals surface area contributed by atoms with E-state index in [0.717, 1.165) is 142 Å². The van der Waals surface area contributed by atoms with Gasteiger partial charge in [-0.15, -0.1) is 0 Å². The predicted molar refractivity (Wildman–Crippen MR) is 280 cm³/mol. The summed E-state index contributed by atoms with van der Waals surface area (Å²) in [4.78, 5) is 93.0. The zero-order chi connectivity index (χ0) is 51.8. The van der Waals surface area contributed by atoms with Crippen LogP contribution in [0, 0.1) is 26.2 Å². The van der Waals surface area contributed by atoms with Gasteiger partial charge in [0.05, 0.1) is 25.1 Å². The zero-order valence-corrected chi connectivity index (χ0v) is 42.9. The number of fused-ring (bicyclic) bond motifs is 1. The Balaban J connectivity index is 0.649. The molecule has 7 heterocycles. The Morgan fingerprint density at radius 2 is 1.63 bits per heavy atom. The minimum atomic E-state index is -0.992. The molecule has 0 radical (unpaired) electrons. The molecule has 73 heavy (non-hydrogen) atoms. The van der Waals surface area contributed by atoms with Gasteiger partial charge >= 0.3 is 0 Å². The standard InChI is InChI=1S/C57H71N9O7/c1-5-44-29-43(19-26-73-44)65(31-46-38(3)27-39(4)59-53(46)69)49-28-42(14-11-37(49)2)41-15-12-40(13-16-41)30-61-22-24-62(25-23-61)32-51(68)64-35-57(36-64)33-63(34-57)21-7-6-20-58-47-10-8-9-45-52(47)56(72)66(55(45)71)48-17-18-50(67)60-54(48)70/h8-16,27-28,43-44,48,58H,5-7,17-26,29-36H2,1-4H3,(H,59,69)(H,60,67,70)/i11D. The van der Waals surface area contributed by atoms with Gasteiger partial charge in [0.25, 0.3) is 17.4 Å². The highest BCUT2D eigenvalue weighted by atomic mass is 16.5. The summed E-state index contributed by atoms with van der Waals surface area (Å²) in [5, 5.41) is 5.59. The number of hydrogen-bond donors (Lipinski definition) is 3. The number of piperazine rings is 1. The molecule has 6 aliphatic heterocycles. The highest BCUT2D eigenvalue weighted by Gasteiger charge is 2.53. The van der Waals surface area contributed by atoms with Crippen molar-refractivity contribution in [3.63, 3.8) is 0 Å². The average molecular weight is 995 g/mol. The van der Waals surface area contributed by atoms with Crippen LogP contribution in [0.4, 0.5) is 11.4 Å². The number of likely N-dealkylation sites (tertiary alicyclic amines) is 2. The molecule has 1 aromatic heterocycles. The number of carbonyl (C=O) groups excluding carboxylic acids is 5. The smallest absolute Gasteiger partial charge is 0.264 e. The molecule has 5 amide bonds. The first-order valence-corrected chi connectivity index (χ1v) is 26.5. The van der Waals surface area contributed by atoms with Crippen molar-refractivity contribution in [2.24, 2.45) is 5.41 Å². The number of unbranched alkanes of at least 4 members (excludes halogenated alkanes) is 1. The number of imide groups is 2. The Morgan fingerprint density at radius 1 is 0.863 bits per heavy atom. The molecule has 386 valence electrons. The highest BCUT2D eigenvalue weighted by molar-refractivity contribution is 6.25. The first kappa shape index (κ1) is 49.0. The number of piperidine rings is 1. The van der Waals surface area contributed by atoms with Crippen molar-refractivity contribution in [1.82, 2.24) is 34.8 Å². The Morgan fingerprint density at radius 3 is 2.37 bits per heavy atom. The Bertz CT molecular complexity index is 2870. The third kappa shape index (κ3) is 10.8. The van der Waals surface area contributed by atoms with Crippen molar-refractivity contribution in [1.29, 1.82) is 0 Å². The summed E-state index contributed by atoms with van der Waals surface area (Å²) < 4.78 is 15.2. The average Bonchev–Trinajstić information content (AvgIpc) is 3.62. The van der Waals surface area contributed by atoms with E-state index >= 15 is 0 Å². The van der Waals surface area contributed by atoms with E-state index in [1.54, 1.807) is 18.2 Å². The first-order chi connectivity index (χ1) is 35.6. The second kappa shape index (κ2) is 21.3. The van der Waals surface area contributed by atoms with E-state index in [9.17, 15) is 28.8 Å². The molecule has 3 atom stereocenters. The summed E-state index contributed by atoms with van der Waals surface area (Å²) in [5.74, 6) is -1.82. The van der Waals surface area contributed by atoms with Crippen LogP contribution in [-0.2, 0) is 32.2 Å². The van der Waals surface area contributed by atoms with Gasteiger partial charge in [-0.05, 0) is 118 Å². The van der Waals surface area contributed by atoms with Crippen molar-refractivity contribution in [2.45, 2.75) is 104 Å². The number of nitrogens with zero attached hydrogens (tertiary/aromatic N) is 6. The van der Waals surface area contributed by atoms with Crippen LogP contribution < -0.4 is 21.1 Å². The summed E-state index contributed by atoms with van der Waals surface area (Å²) in [6, 6.07) is 19.7. The maximum Gasteiger partial charge on any atom is 0.264 e. The van der Waals surface area contributed by atoms with E-state index in [2.05, 4.69) is 72.5 Å². The van der Waals surface area contributed by atoms with E-state index in [0.29, 0.717) is 38.0 Å². The number of hydrogen-bond acceptors (Lipinski definition) is 12. The van der Waals surface area contributed by atoms with Gasteiger partial charge in [0.1, 0.15) is 6.04 Å². The molecule has 3 aromatic carbocycles. The molecule has 3 unspecified atom stereocenters. The lowest BCUT2D eigenvalue weighted by Crippen LogP contribution is -2.73. The van der Waals surface area contributed by atoms with Crippen LogP contribution in [0.15, 0.2) is 71.5 Å². The van der Waals surface area contributed by atoms with Crippen LogP contribution in [0.5, 0.6) is 0 Å². The second-order valence-corrected chi connectivity index (χ2v) is 21.6. The lowest BCUT2D eigenvalue weighted by Gasteiger charge is -2.60. The first-order valence-electron chi connectivity index (χ1n) is 27.0. The van der Waals surface area contributed by atoms with Gasteiger partial charge in [-0.25, -0.2) is 0 Å². The molecule has 10 rings (SSSR count). The minimum Gasteiger partial charge on any atom is -0.384 e. The molecule has 5 fully saturated rings. The number of nitrogens with one attached hydrogen (secondary N) is 3. The van der Waals surface area contributed by atoms with Crippen LogP contribution in [0.25, 0.3) is 11.1 Å². The Labute approximate surface area is 429 Å². The van der Waals surface area contributed by atoms with Gasteiger partial charge in [-0.2, -0.15) is 0 Å². The molecular weight excluding hydrogens is 923 g/mol. The van der Waals surface area contributed by atoms with Gasteiger partial charge in [-0.3, -0.25) is 48.8 Å². The van der Waals surface area contributed by atoms with Crippen molar-refractivity contribution in [2.75, 3.05) is 88.8 Å².